The minimum Gasteiger partial charge on any atom is -0.488 e. The summed E-state index contributed by atoms with van der Waals surface area (Å²) in [6.45, 7) is 4.62. The topological polar surface area (TPSA) is 106 Å². The van der Waals surface area contributed by atoms with Crippen LogP contribution in [0.3, 0.4) is 0 Å². The second kappa shape index (κ2) is 11.5. The predicted octanol–water partition coefficient (Wildman–Crippen LogP) is 3.73. The fourth-order valence-corrected chi connectivity index (χ4v) is 4.66. The zero-order valence-electron chi connectivity index (χ0n) is 21.1. The van der Waals surface area contributed by atoms with Crippen LogP contribution in [0.15, 0.2) is 53.7 Å². The quantitative estimate of drug-likeness (QED) is 0.421. The number of rotatable bonds is 10. The van der Waals surface area contributed by atoms with Gasteiger partial charge in [-0.15, -0.1) is 0 Å². The maximum Gasteiger partial charge on any atom is 0.151 e. The van der Waals surface area contributed by atoms with Gasteiger partial charge in [-0.25, -0.2) is 4.98 Å². The van der Waals surface area contributed by atoms with Crippen molar-refractivity contribution in [2.75, 3.05) is 33.6 Å². The number of likely N-dealkylation sites (N-methyl/N-ethyl adjacent to an activating group) is 1. The van der Waals surface area contributed by atoms with E-state index >= 15 is 0 Å². The molecule has 1 aromatic carbocycles. The van der Waals surface area contributed by atoms with Crippen molar-refractivity contribution in [3.05, 3.63) is 54.4 Å². The van der Waals surface area contributed by atoms with Crippen LogP contribution in [0.25, 0.3) is 11.3 Å². The van der Waals surface area contributed by atoms with Gasteiger partial charge in [0.2, 0.25) is 0 Å². The van der Waals surface area contributed by atoms with Gasteiger partial charge >= 0.3 is 0 Å². The van der Waals surface area contributed by atoms with E-state index in [0.717, 1.165) is 17.0 Å². The molecule has 0 amide bonds. The Bertz CT molecular complexity index is 1180. The van der Waals surface area contributed by atoms with Crippen LogP contribution in [0.4, 0.5) is 0 Å². The van der Waals surface area contributed by atoms with E-state index in [1.807, 2.05) is 49.2 Å². The van der Waals surface area contributed by atoms with Gasteiger partial charge < -0.3 is 29.0 Å². The molecule has 0 radical (unpaired) electrons. The van der Waals surface area contributed by atoms with Crippen molar-refractivity contribution >= 4 is 10.8 Å². The molecular formula is C26H33N3O6S. The van der Waals surface area contributed by atoms with Gasteiger partial charge in [-0.1, -0.05) is 0 Å². The number of nitrogens with one attached hydrogen (secondary N) is 1. The first-order valence-corrected chi connectivity index (χ1v) is 13.3. The number of benzene rings is 1. The zero-order chi connectivity index (χ0) is 25.8. The first-order chi connectivity index (χ1) is 17.2. The van der Waals surface area contributed by atoms with Crippen LogP contribution >= 0.6 is 0 Å². The van der Waals surface area contributed by atoms with Crippen LogP contribution in [-0.4, -0.2) is 76.1 Å². The summed E-state index contributed by atoms with van der Waals surface area (Å²) in [5.41, 5.74) is 2.63. The molecule has 36 heavy (non-hydrogen) atoms. The molecule has 5 atom stereocenters. The zero-order valence-corrected chi connectivity index (χ0v) is 22.0. The summed E-state index contributed by atoms with van der Waals surface area (Å²) < 4.78 is 34.9. The molecule has 0 bridgehead atoms. The fraction of sp³-hybridized carbons (Fsp3) is 0.423. The molecule has 3 aromatic rings. The summed E-state index contributed by atoms with van der Waals surface area (Å²) in [6.07, 6.45) is 2.22. The van der Waals surface area contributed by atoms with E-state index in [1.165, 1.54) is 0 Å². The molecule has 0 aliphatic carbocycles. The summed E-state index contributed by atoms with van der Waals surface area (Å²) in [5.74, 6) is 1.72. The second-order valence-electron chi connectivity index (χ2n) is 8.95. The summed E-state index contributed by atoms with van der Waals surface area (Å²) in [6, 6.07) is 13.0. The fourth-order valence-electron chi connectivity index (χ4n) is 4.20. The molecule has 3 heterocycles. The Kier molecular flexibility index (Phi) is 8.43. The number of ether oxygens (including phenoxy) is 4. The Balaban J connectivity index is 1.61. The van der Waals surface area contributed by atoms with E-state index in [4.69, 9.17) is 18.9 Å². The Labute approximate surface area is 213 Å². The number of hydrogen-bond donors (Lipinski definition) is 2. The van der Waals surface area contributed by atoms with E-state index in [2.05, 4.69) is 9.97 Å². The highest BCUT2D eigenvalue weighted by molar-refractivity contribution is 7.84. The van der Waals surface area contributed by atoms with Gasteiger partial charge in [0, 0.05) is 30.7 Å². The van der Waals surface area contributed by atoms with E-state index in [-0.39, 0.29) is 18.4 Å². The average molecular weight is 516 g/mol. The van der Waals surface area contributed by atoms with E-state index in [1.54, 1.807) is 38.6 Å². The van der Waals surface area contributed by atoms with Crippen molar-refractivity contribution in [2.45, 2.75) is 43.4 Å². The van der Waals surface area contributed by atoms with Crippen LogP contribution in [-0.2, 0) is 20.3 Å². The number of aliphatic hydroxyl groups is 1. The van der Waals surface area contributed by atoms with Crippen LogP contribution in [0.1, 0.15) is 25.8 Å². The molecule has 9 nitrogen and oxygen atoms in total. The monoisotopic (exact) mass is 515 g/mol. The maximum atomic E-state index is 11.6. The Morgan fingerprint density at radius 1 is 1.19 bits per heavy atom. The van der Waals surface area contributed by atoms with Gasteiger partial charge in [0.05, 0.1) is 48.0 Å². The largest absolute Gasteiger partial charge is 0.488 e. The molecule has 10 heteroatoms. The van der Waals surface area contributed by atoms with Gasteiger partial charge in [-0.2, -0.15) is 0 Å². The Morgan fingerprint density at radius 2 is 1.97 bits per heavy atom. The summed E-state index contributed by atoms with van der Waals surface area (Å²) in [4.78, 5) is 9.68. The molecule has 4 rings (SSSR count). The average Bonchev–Trinajstić information content (AvgIpc) is 3.46. The third-order valence-electron chi connectivity index (χ3n) is 6.02. The van der Waals surface area contributed by atoms with Crippen molar-refractivity contribution in [2.24, 2.45) is 0 Å². The highest BCUT2D eigenvalue weighted by Crippen LogP contribution is 2.35. The number of methoxy groups -OCH3 is 1. The minimum atomic E-state index is -1.16. The number of pyridine rings is 1. The van der Waals surface area contributed by atoms with Crippen molar-refractivity contribution in [3.8, 4) is 28.5 Å². The number of aromatic nitrogens is 2. The number of H-pyrrole nitrogens is 1. The molecule has 3 unspecified atom stereocenters. The molecule has 2 N–H and O–H groups in total. The summed E-state index contributed by atoms with van der Waals surface area (Å²) >= 11 is 0. The van der Waals surface area contributed by atoms with Crippen LogP contribution in [0.5, 0.6) is 17.2 Å². The van der Waals surface area contributed by atoms with Crippen LogP contribution in [0, 0.1) is 0 Å². The minimum absolute atomic E-state index is 0.0640. The third kappa shape index (κ3) is 6.13. The number of nitrogens with zero attached hydrogens (tertiary/aromatic N) is 2. The standard InChI is InChI=1S/C26H33N3O6S/c1-16(14-32-4)34-20-10-18(11-21(12-20)35-19-6-9-25(27-13-19)36(5)31)22-7-8-23(28-22)26-29(3)24(15-33-26)17(2)30/h6-13,16-17,24,26,28,30H,14-15H2,1-5H3/t16-,17+,24?,26?,36?/m0/s1. The smallest absolute Gasteiger partial charge is 0.151 e. The normalized spacial score (nSPS) is 20.7. The van der Waals surface area contributed by atoms with Crippen molar-refractivity contribution < 1.29 is 28.3 Å². The van der Waals surface area contributed by atoms with E-state index < -0.39 is 16.9 Å². The lowest BCUT2D eigenvalue weighted by Crippen LogP contribution is -2.37. The number of aromatic amines is 1. The molecule has 0 spiro atoms. The molecule has 194 valence electrons. The predicted molar refractivity (Wildman–Crippen MR) is 137 cm³/mol. The van der Waals surface area contributed by atoms with Crippen LogP contribution < -0.4 is 9.47 Å². The molecule has 1 fully saturated rings. The van der Waals surface area contributed by atoms with Crippen molar-refractivity contribution in [1.29, 1.82) is 0 Å². The van der Waals surface area contributed by atoms with Gasteiger partial charge in [0.15, 0.2) is 6.23 Å². The lowest BCUT2D eigenvalue weighted by Gasteiger charge is -2.24. The summed E-state index contributed by atoms with van der Waals surface area (Å²) in [7, 11) is 2.42. The molecule has 1 aliphatic heterocycles. The van der Waals surface area contributed by atoms with E-state index in [0.29, 0.717) is 35.5 Å². The van der Waals surface area contributed by atoms with Gasteiger partial charge in [-0.3, -0.25) is 9.11 Å². The highest BCUT2D eigenvalue weighted by Gasteiger charge is 2.35. The SMILES string of the molecule is COC[C@H](C)Oc1cc(Oc2ccc(S(C)=O)nc2)cc(-c2ccc(C3OCC([C@@H](C)O)N3C)[nH]2)c1. The first kappa shape index (κ1) is 26.3. The number of hydrogen-bond acceptors (Lipinski definition) is 8. The molecule has 1 aliphatic rings. The van der Waals surface area contributed by atoms with E-state index in [9.17, 15) is 9.32 Å². The summed E-state index contributed by atoms with van der Waals surface area (Å²) in [5, 5.41) is 10.5. The Morgan fingerprint density at radius 3 is 2.61 bits per heavy atom. The highest BCUT2D eigenvalue weighted by atomic mass is 32.2. The van der Waals surface area contributed by atoms with Crippen molar-refractivity contribution in [1.82, 2.24) is 14.9 Å². The second-order valence-corrected chi connectivity index (χ2v) is 10.3. The molecule has 2 aromatic heterocycles. The lowest BCUT2D eigenvalue weighted by molar-refractivity contribution is 0.0333. The van der Waals surface area contributed by atoms with Crippen LogP contribution in [0.2, 0.25) is 0 Å². The first-order valence-electron chi connectivity index (χ1n) is 11.7. The van der Waals surface area contributed by atoms with Gasteiger partial charge in [0.25, 0.3) is 0 Å². The van der Waals surface area contributed by atoms with Gasteiger partial charge in [-0.05, 0) is 57.3 Å². The molecular weight excluding hydrogens is 482 g/mol. The third-order valence-corrected chi connectivity index (χ3v) is 6.85. The van der Waals surface area contributed by atoms with Crippen molar-refractivity contribution in [3.63, 3.8) is 0 Å². The Hall–Kier alpha value is -2.76. The number of aliphatic hydroxyl groups excluding tert-OH is 1. The molecule has 1 saturated heterocycles. The molecule has 0 saturated carbocycles. The maximum absolute atomic E-state index is 11.6. The lowest BCUT2D eigenvalue weighted by atomic mass is 10.1. The van der Waals surface area contributed by atoms with Gasteiger partial charge in [0.1, 0.15) is 28.4 Å².